The molecule has 114 valence electrons. The van der Waals surface area contributed by atoms with Gasteiger partial charge in [0.2, 0.25) is 0 Å². The fourth-order valence-electron chi connectivity index (χ4n) is 1.86. The predicted molar refractivity (Wildman–Crippen MR) is 82.2 cm³/mol. The van der Waals surface area contributed by atoms with E-state index in [1.807, 2.05) is 36.4 Å². The van der Waals surface area contributed by atoms with Crippen molar-refractivity contribution in [3.63, 3.8) is 0 Å². The van der Waals surface area contributed by atoms with Crippen LogP contribution in [0.1, 0.15) is 24.8 Å². The van der Waals surface area contributed by atoms with Gasteiger partial charge in [-0.05, 0) is 24.1 Å². The molecule has 4 nitrogen and oxygen atoms in total. The van der Waals surface area contributed by atoms with Crippen LogP contribution in [0.25, 0.3) is 0 Å². The van der Waals surface area contributed by atoms with E-state index in [0.717, 1.165) is 5.56 Å². The van der Waals surface area contributed by atoms with Crippen molar-refractivity contribution in [3.05, 3.63) is 66.2 Å². The van der Waals surface area contributed by atoms with Crippen molar-refractivity contribution < 1.29 is 19.1 Å². The predicted octanol–water partition coefficient (Wildman–Crippen LogP) is 3.51. The Balaban J connectivity index is 1.61. The lowest BCUT2D eigenvalue weighted by Gasteiger charge is -2.05. The van der Waals surface area contributed by atoms with Crippen LogP contribution in [0.5, 0.6) is 5.75 Å². The minimum atomic E-state index is -0.345. The van der Waals surface area contributed by atoms with E-state index in [0.29, 0.717) is 12.2 Å². The summed E-state index contributed by atoms with van der Waals surface area (Å²) in [4.78, 5) is 23.2. The highest BCUT2D eigenvalue weighted by molar-refractivity contribution is 5.74. The third-order valence-electron chi connectivity index (χ3n) is 2.98. The Morgan fingerprint density at radius 1 is 0.773 bits per heavy atom. The van der Waals surface area contributed by atoms with Crippen LogP contribution in [0, 0.1) is 0 Å². The summed E-state index contributed by atoms with van der Waals surface area (Å²) >= 11 is 0. The standard InChI is InChI=1S/C18H18O4/c19-17(21-14-15-8-3-1-4-9-15)12-7-13-18(20)22-16-10-5-2-6-11-16/h1-6,8-11H,7,12-14H2. The number of benzene rings is 2. The van der Waals surface area contributed by atoms with E-state index < -0.39 is 0 Å². The van der Waals surface area contributed by atoms with E-state index >= 15 is 0 Å². The Bertz CT molecular complexity index is 593. The molecule has 2 aromatic carbocycles. The Morgan fingerprint density at radius 3 is 2.05 bits per heavy atom. The Labute approximate surface area is 129 Å². The van der Waals surface area contributed by atoms with Gasteiger partial charge in [-0.1, -0.05) is 48.5 Å². The molecular formula is C18H18O4. The van der Waals surface area contributed by atoms with Crippen LogP contribution in [0.2, 0.25) is 0 Å². The fraction of sp³-hybridized carbons (Fsp3) is 0.222. The van der Waals surface area contributed by atoms with E-state index in [9.17, 15) is 9.59 Å². The van der Waals surface area contributed by atoms with Crippen LogP contribution in [-0.2, 0) is 20.9 Å². The molecule has 0 saturated heterocycles. The summed E-state index contributed by atoms with van der Waals surface area (Å²) in [5.41, 5.74) is 0.944. The van der Waals surface area contributed by atoms with Gasteiger partial charge in [0, 0.05) is 12.8 Å². The number of para-hydroxylation sites is 1. The number of hydrogen-bond acceptors (Lipinski definition) is 4. The summed E-state index contributed by atoms with van der Waals surface area (Å²) in [5, 5.41) is 0. The van der Waals surface area contributed by atoms with Gasteiger partial charge in [-0.15, -0.1) is 0 Å². The molecule has 0 unspecified atom stereocenters. The van der Waals surface area contributed by atoms with E-state index in [2.05, 4.69) is 0 Å². The summed E-state index contributed by atoms with van der Waals surface area (Å²) in [5.74, 6) is -0.141. The second-order valence-electron chi connectivity index (χ2n) is 4.79. The van der Waals surface area contributed by atoms with Gasteiger partial charge in [-0.3, -0.25) is 9.59 Å². The summed E-state index contributed by atoms with van der Waals surface area (Å²) in [6, 6.07) is 18.3. The lowest BCUT2D eigenvalue weighted by molar-refractivity contribution is -0.145. The molecule has 2 aromatic rings. The Hall–Kier alpha value is -2.62. The number of esters is 2. The molecule has 0 atom stereocenters. The molecule has 0 amide bonds. The van der Waals surface area contributed by atoms with Crippen LogP contribution in [0.3, 0.4) is 0 Å². The van der Waals surface area contributed by atoms with E-state index in [-0.39, 0.29) is 31.4 Å². The topological polar surface area (TPSA) is 52.6 Å². The first-order valence-corrected chi connectivity index (χ1v) is 7.19. The third kappa shape index (κ3) is 5.79. The lowest BCUT2D eigenvalue weighted by Crippen LogP contribution is -2.10. The zero-order valence-corrected chi connectivity index (χ0v) is 12.2. The largest absolute Gasteiger partial charge is 0.461 e. The molecule has 4 heteroatoms. The maximum atomic E-state index is 11.6. The quantitative estimate of drug-likeness (QED) is 0.580. The molecule has 0 aliphatic carbocycles. The third-order valence-corrected chi connectivity index (χ3v) is 2.98. The Kier molecular flexibility index (Phi) is 6.18. The number of ether oxygens (including phenoxy) is 2. The zero-order chi connectivity index (χ0) is 15.6. The van der Waals surface area contributed by atoms with Gasteiger partial charge in [0.25, 0.3) is 0 Å². The zero-order valence-electron chi connectivity index (χ0n) is 12.2. The highest BCUT2D eigenvalue weighted by atomic mass is 16.5. The number of rotatable bonds is 7. The average molecular weight is 298 g/mol. The molecule has 22 heavy (non-hydrogen) atoms. The van der Waals surface area contributed by atoms with Crippen molar-refractivity contribution in [2.45, 2.75) is 25.9 Å². The van der Waals surface area contributed by atoms with Gasteiger partial charge in [-0.25, -0.2) is 0 Å². The monoisotopic (exact) mass is 298 g/mol. The maximum Gasteiger partial charge on any atom is 0.311 e. The van der Waals surface area contributed by atoms with Crippen LogP contribution in [0.4, 0.5) is 0 Å². The summed E-state index contributed by atoms with van der Waals surface area (Å²) in [6.45, 7) is 0.258. The van der Waals surface area contributed by atoms with Crippen LogP contribution in [0.15, 0.2) is 60.7 Å². The molecule has 0 radical (unpaired) electrons. The van der Waals surface area contributed by atoms with E-state index in [1.54, 1.807) is 24.3 Å². The van der Waals surface area contributed by atoms with Gasteiger partial charge in [-0.2, -0.15) is 0 Å². The smallest absolute Gasteiger partial charge is 0.311 e. The minimum Gasteiger partial charge on any atom is -0.461 e. The Morgan fingerprint density at radius 2 is 1.36 bits per heavy atom. The van der Waals surface area contributed by atoms with Crippen molar-refractivity contribution in [2.24, 2.45) is 0 Å². The number of hydrogen-bond donors (Lipinski definition) is 0. The molecule has 0 aromatic heterocycles. The van der Waals surface area contributed by atoms with E-state index in [4.69, 9.17) is 9.47 Å². The minimum absolute atomic E-state index is 0.190. The molecule has 0 aliphatic rings. The van der Waals surface area contributed by atoms with Gasteiger partial charge >= 0.3 is 11.9 Å². The number of carbonyl (C=O) groups is 2. The molecule has 0 fully saturated rings. The van der Waals surface area contributed by atoms with Crippen molar-refractivity contribution in [1.82, 2.24) is 0 Å². The molecule has 2 rings (SSSR count). The molecule has 0 aliphatic heterocycles. The number of carbonyl (C=O) groups excluding carboxylic acids is 2. The van der Waals surface area contributed by atoms with Crippen LogP contribution < -0.4 is 4.74 Å². The van der Waals surface area contributed by atoms with Crippen molar-refractivity contribution in [3.8, 4) is 5.75 Å². The van der Waals surface area contributed by atoms with Crippen LogP contribution >= 0.6 is 0 Å². The first-order chi connectivity index (χ1) is 10.7. The van der Waals surface area contributed by atoms with E-state index in [1.165, 1.54) is 0 Å². The summed E-state index contributed by atoms with van der Waals surface area (Å²) in [7, 11) is 0. The molecule has 0 spiro atoms. The second-order valence-corrected chi connectivity index (χ2v) is 4.79. The molecular weight excluding hydrogens is 280 g/mol. The summed E-state index contributed by atoms with van der Waals surface area (Å²) in [6.07, 6.45) is 0.811. The molecule has 0 saturated carbocycles. The first-order valence-electron chi connectivity index (χ1n) is 7.19. The lowest BCUT2D eigenvalue weighted by atomic mass is 10.2. The maximum absolute atomic E-state index is 11.6. The van der Waals surface area contributed by atoms with Gasteiger partial charge < -0.3 is 9.47 Å². The summed E-state index contributed by atoms with van der Waals surface area (Å²) < 4.78 is 10.3. The first kappa shape index (κ1) is 15.8. The van der Waals surface area contributed by atoms with Gasteiger partial charge in [0.15, 0.2) is 0 Å². The van der Waals surface area contributed by atoms with Crippen molar-refractivity contribution in [1.29, 1.82) is 0 Å². The normalized spacial score (nSPS) is 10.0. The fourth-order valence-corrected chi connectivity index (χ4v) is 1.86. The van der Waals surface area contributed by atoms with Crippen molar-refractivity contribution >= 4 is 11.9 Å². The van der Waals surface area contributed by atoms with Crippen molar-refractivity contribution in [2.75, 3.05) is 0 Å². The SMILES string of the molecule is O=C(CCCC(=O)Oc1ccccc1)OCc1ccccc1. The highest BCUT2D eigenvalue weighted by Gasteiger charge is 2.08. The van der Waals surface area contributed by atoms with Gasteiger partial charge in [0.05, 0.1) is 0 Å². The van der Waals surface area contributed by atoms with Crippen LogP contribution in [-0.4, -0.2) is 11.9 Å². The molecule has 0 N–H and O–H groups in total. The van der Waals surface area contributed by atoms with Gasteiger partial charge in [0.1, 0.15) is 12.4 Å². The highest BCUT2D eigenvalue weighted by Crippen LogP contribution is 2.10. The average Bonchev–Trinajstić information content (AvgIpc) is 2.55. The molecule has 0 heterocycles. The second kappa shape index (κ2) is 8.62. The molecule has 0 bridgehead atoms.